The van der Waals surface area contributed by atoms with E-state index in [1.807, 2.05) is 13.0 Å². The van der Waals surface area contributed by atoms with Crippen LogP contribution in [0.15, 0.2) is 31.2 Å². The van der Waals surface area contributed by atoms with E-state index in [2.05, 4.69) is 21.6 Å². The molecule has 0 atom stereocenters. The smallest absolute Gasteiger partial charge is 0.234 e. The highest BCUT2D eigenvalue weighted by Gasteiger charge is 2.02. The standard InChI is InChI=1S/C11H12N4O/c1-3-9-5-6-15(14-9)10-7-12-8-11(13-10)16-4-2/h3,5-8H,1,4H2,2H3. The second kappa shape index (κ2) is 4.57. The van der Waals surface area contributed by atoms with Crippen molar-refractivity contribution in [3.63, 3.8) is 0 Å². The Hall–Kier alpha value is -2.17. The molecular weight excluding hydrogens is 204 g/mol. The molecule has 5 heteroatoms. The Bertz CT molecular complexity index is 492. The molecule has 2 aromatic heterocycles. The van der Waals surface area contributed by atoms with E-state index in [1.54, 1.807) is 29.3 Å². The lowest BCUT2D eigenvalue weighted by Gasteiger charge is -2.03. The van der Waals surface area contributed by atoms with E-state index in [-0.39, 0.29) is 0 Å². The van der Waals surface area contributed by atoms with E-state index < -0.39 is 0 Å². The summed E-state index contributed by atoms with van der Waals surface area (Å²) in [6.07, 6.45) is 6.68. The van der Waals surface area contributed by atoms with E-state index in [0.29, 0.717) is 18.3 Å². The zero-order valence-electron chi connectivity index (χ0n) is 9.00. The van der Waals surface area contributed by atoms with Crippen LogP contribution in [0.3, 0.4) is 0 Å². The van der Waals surface area contributed by atoms with Crippen molar-refractivity contribution in [3.8, 4) is 11.7 Å². The Morgan fingerprint density at radius 2 is 2.38 bits per heavy atom. The molecular formula is C11H12N4O. The van der Waals surface area contributed by atoms with Gasteiger partial charge in [0.05, 0.1) is 24.7 Å². The number of nitrogens with zero attached hydrogens (tertiary/aromatic N) is 4. The minimum Gasteiger partial charge on any atom is -0.477 e. The summed E-state index contributed by atoms with van der Waals surface area (Å²) in [6.45, 7) is 6.11. The number of hydrogen-bond acceptors (Lipinski definition) is 4. The Kier molecular flexibility index (Phi) is 2.95. The van der Waals surface area contributed by atoms with Gasteiger partial charge in [0.2, 0.25) is 5.88 Å². The lowest BCUT2D eigenvalue weighted by atomic mass is 10.4. The molecule has 2 rings (SSSR count). The number of aromatic nitrogens is 4. The summed E-state index contributed by atoms with van der Waals surface area (Å²) in [5.74, 6) is 1.12. The zero-order chi connectivity index (χ0) is 11.4. The van der Waals surface area contributed by atoms with Crippen LogP contribution in [0.4, 0.5) is 0 Å². The third-order valence-electron chi connectivity index (χ3n) is 1.95. The van der Waals surface area contributed by atoms with Gasteiger partial charge in [0, 0.05) is 6.20 Å². The largest absolute Gasteiger partial charge is 0.477 e. The first-order valence-electron chi connectivity index (χ1n) is 4.97. The monoisotopic (exact) mass is 216 g/mol. The average molecular weight is 216 g/mol. The molecule has 0 aliphatic carbocycles. The van der Waals surface area contributed by atoms with Crippen LogP contribution in [-0.2, 0) is 0 Å². The molecule has 0 spiro atoms. The SMILES string of the molecule is C=Cc1ccn(-c2cncc(OCC)n2)n1. The van der Waals surface area contributed by atoms with Crippen LogP contribution in [0.5, 0.6) is 5.88 Å². The molecule has 82 valence electrons. The van der Waals surface area contributed by atoms with Crippen molar-refractivity contribution in [2.45, 2.75) is 6.92 Å². The van der Waals surface area contributed by atoms with Crippen molar-refractivity contribution in [1.82, 2.24) is 19.7 Å². The van der Waals surface area contributed by atoms with Crippen LogP contribution in [0.2, 0.25) is 0 Å². The molecule has 0 aliphatic heterocycles. The van der Waals surface area contributed by atoms with Gasteiger partial charge in [-0.25, -0.2) is 4.68 Å². The van der Waals surface area contributed by atoms with Crippen LogP contribution >= 0.6 is 0 Å². The summed E-state index contributed by atoms with van der Waals surface area (Å²) >= 11 is 0. The van der Waals surface area contributed by atoms with E-state index in [9.17, 15) is 0 Å². The summed E-state index contributed by atoms with van der Waals surface area (Å²) in [5.41, 5.74) is 0.795. The second-order valence-corrected chi connectivity index (χ2v) is 3.04. The van der Waals surface area contributed by atoms with Crippen molar-refractivity contribution >= 4 is 6.08 Å². The fourth-order valence-electron chi connectivity index (χ4n) is 1.24. The summed E-state index contributed by atoms with van der Waals surface area (Å²) < 4.78 is 6.90. The third-order valence-corrected chi connectivity index (χ3v) is 1.95. The Morgan fingerprint density at radius 1 is 1.50 bits per heavy atom. The topological polar surface area (TPSA) is 52.8 Å². The molecule has 0 aromatic carbocycles. The van der Waals surface area contributed by atoms with Gasteiger partial charge in [-0.3, -0.25) is 4.98 Å². The van der Waals surface area contributed by atoms with E-state index in [0.717, 1.165) is 5.69 Å². The minimum atomic E-state index is 0.496. The van der Waals surface area contributed by atoms with Gasteiger partial charge in [0.15, 0.2) is 5.82 Å². The van der Waals surface area contributed by atoms with Gasteiger partial charge in [-0.2, -0.15) is 10.1 Å². The van der Waals surface area contributed by atoms with Gasteiger partial charge in [-0.15, -0.1) is 0 Å². The first-order valence-corrected chi connectivity index (χ1v) is 4.97. The first kappa shape index (κ1) is 10.4. The van der Waals surface area contributed by atoms with Crippen molar-refractivity contribution < 1.29 is 4.74 Å². The number of ether oxygens (including phenoxy) is 1. The van der Waals surface area contributed by atoms with E-state index in [4.69, 9.17) is 4.74 Å². The fourth-order valence-corrected chi connectivity index (χ4v) is 1.24. The predicted octanol–water partition coefficient (Wildman–Crippen LogP) is 1.70. The van der Waals surface area contributed by atoms with Gasteiger partial charge >= 0.3 is 0 Å². The second-order valence-electron chi connectivity index (χ2n) is 3.04. The normalized spacial score (nSPS) is 10.1. The van der Waals surface area contributed by atoms with Crippen molar-refractivity contribution in [1.29, 1.82) is 0 Å². The molecule has 0 fully saturated rings. The Labute approximate surface area is 93.4 Å². The van der Waals surface area contributed by atoms with Crippen LogP contribution < -0.4 is 4.74 Å². The summed E-state index contributed by atoms with van der Waals surface area (Å²) in [4.78, 5) is 8.30. The summed E-state index contributed by atoms with van der Waals surface area (Å²) in [5, 5.41) is 4.24. The van der Waals surface area contributed by atoms with Crippen LogP contribution in [0.25, 0.3) is 11.9 Å². The minimum absolute atomic E-state index is 0.496. The first-order chi connectivity index (χ1) is 7.83. The molecule has 0 bridgehead atoms. The molecule has 0 N–H and O–H groups in total. The highest BCUT2D eigenvalue weighted by molar-refractivity contribution is 5.41. The molecule has 0 aliphatic rings. The highest BCUT2D eigenvalue weighted by atomic mass is 16.5. The lowest BCUT2D eigenvalue weighted by Crippen LogP contribution is -2.02. The Morgan fingerprint density at radius 3 is 3.06 bits per heavy atom. The molecule has 2 heterocycles. The van der Waals surface area contributed by atoms with Gasteiger partial charge < -0.3 is 4.74 Å². The average Bonchev–Trinajstić information content (AvgIpc) is 2.78. The quantitative estimate of drug-likeness (QED) is 0.780. The lowest BCUT2D eigenvalue weighted by molar-refractivity contribution is 0.324. The number of hydrogen-bond donors (Lipinski definition) is 0. The van der Waals surface area contributed by atoms with Gasteiger partial charge in [-0.1, -0.05) is 6.58 Å². The molecule has 0 unspecified atom stereocenters. The van der Waals surface area contributed by atoms with Crippen LogP contribution in [0.1, 0.15) is 12.6 Å². The third kappa shape index (κ3) is 2.08. The molecule has 0 saturated heterocycles. The van der Waals surface area contributed by atoms with Gasteiger partial charge in [0.1, 0.15) is 0 Å². The van der Waals surface area contributed by atoms with Crippen LogP contribution in [0, 0.1) is 0 Å². The molecule has 0 saturated carbocycles. The summed E-state index contributed by atoms with van der Waals surface area (Å²) in [6, 6.07) is 1.85. The molecule has 16 heavy (non-hydrogen) atoms. The molecule has 0 radical (unpaired) electrons. The molecule has 5 nitrogen and oxygen atoms in total. The van der Waals surface area contributed by atoms with Crippen molar-refractivity contribution in [3.05, 3.63) is 36.9 Å². The summed E-state index contributed by atoms with van der Waals surface area (Å²) in [7, 11) is 0. The molecule has 2 aromatic rings. The van der Waals surface area contributed by atoms with Crippen molar-refractivity contribution in [2.24, 2.45) is 0 Å². The maximum Gasteiger partial charge on any atom is 0.234 e. The number of rotatable bonds is 4. The highest BCUT2D eigenvalue weighted by Crippen LogP contribution is 2.09. The van der Waals surface area contributed by atoms with Gasteiger partial charge in [0.25, 0.3) is 0 Å². The maximum absolute atomic E-state index is 5.27. The van der Waals surface area contributed by atoms with Crippen molar-refractivity contribution in [2.75, 3.05) is 6.61 Å². The van der Waals surface area contributed by atoms with E-state index in [1.165, 1.54) is 0 Å². The van der Waals surface area contributed by atoms with Crippen LogP contribution in [-0.4, -0.2) is 26.4 Å². The Balaban J connectivity index is 2.32. The fraction of sp³-hybridized carbons (Fsp3) is 0.182. The predicted molar refractivity (Wildman–Crippen MR) is 60.4 cm³/mol. The molecule has 0 amide bonds. The zero-order valence-corrected chi connectivity index (χ0v) is 9.00. The maximum atomic E-state index is 5.27. The van der Waals surface area contributed by atoms with E-state index >= 15 is 0 Å². The van der Waals surface area contributed by atoms with Gasteiger partial charge in [-0.05, 0) is 19.1 Å².